The van der Waals surface area contributed by atoms with Gasteiger partial charge in [0.25, 0.3) is 0 Å². The molecule has 2 rings (SSSR count). The monoisotopic (exact) mass is 268 g/mol. The lowest BCUT2D eigenvalue weighted by Crippen LogP contribution is -2.36. The molecule has 1 saturated heterocycles. The molecule has 1 aromatic heterocycles. The van der Waals surface area contributed by atoms with Crippen LogP contribution in [0.1, 0.15) is 38.4 Å². The van der Waals surface area contributed by atoms with Crippen LogP contribution >= 0.6 is 11.8 Å². The molecule has 1 aliphatic rings. The second kappa shape index (κ2) is 6.57. The fraction of sp³-hybridized carbons (Fsp3) is 0.846. The smallest absolute Gasteiger partial charge is 0.191 e. The van der Waals surface area contributed by atoms with Crippen molar-refractivity contribution in [3.05, 3.63) is 5.82 Å². The number of aryl methyl sites for hydroxylation is 1. The molecule has 0 radical (unpaired) electrons. The Morgan fingerprint density at radius 3 is 2.89 bits per heavy atom. The van der Waals surface area contributed by atoms with Crippen molar-refractivity contribution in [2.45, 2.75) is 57.3 Å². The molecule has 5 heteroatoms. The summed E-state index contributed by atoms with van der Waals surface area (Å²) in [4.78, 5) is 2.51. The molecule has 0 aromatic carbocycles. The zero-order valence-electron chi connectivity index (χ0n) is 11.7. The molecule has 1 fully saturated rings. The van der Waals surface area contributed by atoms with Gasteiger partial charge in [-0.15, -0.1) is 10.2 Å². The minimum Gasteiger partial charge on any atom is -0.307 e. The van der Waals surface area contributed by atoms with E-state index in [4.69, 9.17) is 0 Å². The Morgan fingerprint density at radius 2 is 2.17 bits per heavy atom. The summed E-state index contributed by atoms with van der Waals surface area (Å²) < 4.78 is 2.19. The summed E-state index contributed by atoms with van der Waals surface area (Å²) in [6, 6.07) is 0.769. The van der Waals surface area contributed by atoms with Gasteiger partial charge in [-0.3, -0.25) is 0 Å². The number of likely N-dealkylation sites (tertiary alicyclic amines) is 1. The third-order valence-electron chi connectivity index (χ3n) is 3.82. The number of hydrogen-bond donors (Lipinski definition) is 0. The summed E-state index contributed by atoms with van der Waals surface area (Å²) in [5.74, 6) is 2.17. The molecular weight excluding hydrogens is 244 g/mol. The minimum atomic E-state index is 0.769. The topological polar surface area (TPSA) is 34.0 Å². The van der Waals surface area contributed by atoms with Crippen LogP contribution in [0.4, 0.5) is 0 Å². The van der Waals surface area contributed by atoms with E-state index in [9.17, 15) is 0 Å². The van der Waals surface area contributed by atoms with Crippen molar-refractivity contribution in [2.75, 3.05) is 19.3 Å². The lowest BCUT2D eigenvalue weighted by molar-refractivity contribution is 0.182. The number of nitrogens with zero attached hydrogens (tertiary/aromatic N) is 4. The molecule has 0 aliphatic carbocycles. The van der Waals surface area contributed by atoms with Gasteiger partial charge in [-0.25, -0.2) is 0 Å². The second-order valence-electron chi connectivity index (χ2n) is 5.04. The highest BCUT2D eigenvalue weighted by molar-refractivity contribution is 7.99. The Labute approximate surface area is 114 Å². The van der Waals surface area contributed by atoms with Gasteiger partial charge in [-0.1, -0.05) is 18.2 Å². The summed E-state index contributed by atoms with van der Waals surface area (Å²) in [5.41, 5.74) is 0. The molecule has 0 bridgehead atoms. The predicted molar refractivity (Wildman–Crippen MR) is 76.0 cm³/mol. The van der Waals surface area contributed by atoms with Gasteiger partial charge in [-0.2, -0.15) is 0 Å². The maximum atomic E-state index is 4.25. The van der Waals surface area contributed by atoms with E-state index in [2.05, 4.69) is 33.6 Å². The number of hydrogen-bond acceptors (Lipinski definition) is 4. The van der Waals surface area contributed by atoms with Crippen molar-refractivity contribution in [2.24, 2.45) is 0 Å². The number of piperidine rings is 1. The first-order valence-electron chi connectivity index (χ1n) is 6.95. The van der Waals surface area contributed by atoms with Gasteiger partial charge < -0.3 is 9.47 Å². The van der Waals surface area contributed by atoms with Gasteiger partial charge in [-0.05, 0) is 46.7 Å². The van der Waals surface area contributed by atoms with E-state index in [1.165, 1.54) is 32.2 Å². The summed E-state index contributed by atoms with van der Waals surface area (Å²) in [5, 5.41) is 9.48. The molecule has 0 unspecified atom stereocenters. The molecule has 0 saturated carbocycles. The first kappa shape index (κ1) is 13.9. The highest BCUT2D eigenvalue weighted by Crippen LogP contribution is 2.23. The fourth-order valence-corrected chi connectivity index (χ4v) is 3.72. The standard InChI is InChI=1S/C13H24N4S/c1-4-17-11(2)14-15-13(17)18-10-8-12-7-5-6-9-16(12)3/h12H,4-10H2,1-3H3/t12-/m1/s1. The SMILES string of the molecule is CCn1c(C)nnc1SCC[C@H]1CCCCN1C. The van der Waals surface area contributed by atoms with E-state index >= 15 is 0 Å². The lowest BCUT2D eigenvalue weighted by Gasteiger charge is -2.32. The van der Waals surface area contributed by atoms with Gasteiger partial charge in [0.1, 0.15) is 5.82 Å². The summed E-state index contributed by atoms with van der Waals surface area (Å²) >= 11 is 1.85. The van der Waals surface area contributed by atoms with E-state index in [1.54, 1.807) is 0 Å². The van der Waals surface area contributed by atoms with Crippen LogP contribution in [-0.4, -0.2) is 45.1 Å². The van der Waals surface area contributed by atoms with Crippen molar-refractivity contribution in [3.8, 4) is 0 Å². The van der Waals surface area contributed by atoms with Gasteiger partial charge in [0.05, 0.1) is 0 Å². The maximum absolute atomic E-state index is 4.25. The van der Waals surface area contributed by atoms with Crippen molar-refractivity contribution in [1.29, 1.82) is 0 Å². The Hall–Kier alpha value is -0.550. The first-order valence-corrected chi connectivity index (χ1v) is 7.93. The summed E-state index contributed by atoms with van der Waals surface area (Å²) in [7, 11) is 2.26. The van der Waals surface area contributed by atoms with Crippen LogP contribution in [0, 0.1) is 6.92 Å². The van der Waals surface area contributed by atoms with E-state index in [1.807, 2.05) is 18.7 Å². The van der Waals surface area contributed by atoms with E-state index < -0.39 is 0 Å². The maximum Gasteiger partial charge on any atom is 0.191 e. The van der Waals surface area contributed by atoms with Gasteiger partial charge in [0.15, 0.2) is 5.16 Å². The molecule has 1 aliphatic heterocycles. The Balaban J connectivity index is 1.80. The molecular formula is C13H24N4S. The quantitative estimate of drug-likeness (QED) is 0.769. The van der Waals surface area contributed by atoms with Crippen molar-refractivity contribution in [1.82, 2.24) is 19.7 Å². The summed E-state index contributed by atoms with van der Waals surface area (Å²) in [6.45, 7) is 6.40. The molecule has 2 heterocycles. The Bertz CT molecular complexity index is 377. The van der Waals surface area contributed by atoms with Crippen molar-refractivity contribution in [3.63, 3.8) is 0 Å². The van der Waals surface area contributed by atoms with Gasteiger partial charge in [0.2, 0.25) is 0 Å². The third kappa shape index (κ3) is 3.26. The zero-order chi connectivity index (χ0) is 13.0. The minimum absolute atomic E-state index is 0.769. The number of aromatic nitrogens is 3. The third-order valence-corrected chi connectivity index (χ3v) is 4.82. The molecule has 1 atom stereocenters. The predicted octanol–water partition coefficient (Wildman–Crippen LogP) is 2.57. The van der Waals surface area contributed by atoms with E-state index in [0.717, 1.165) is 29.3 Å². The average Bonchev–Trinajstić information content (AvgIpc) is 2.72. The van der Waals surface area contributed by atoms with Crippen LogP contribution in [0.15, 0.2) is 5.16 Å². The van der Waals surface area contributed by atoms with Crippen LogP contribution in [-0.2, 0) is 6.54 Å². The molecule has 102 valence electrons. The highest BCUT2D eigenvalue weighted by Gasteiger charge is 2.18. The molecule has 0 amide bonds. The van der Waals surface area contributed by atoms with Crippen LogP contribution < -0.4 is 0 Å². The first-order chi connectivity index (χ1) is 8.72. The van der Waals surface area contributed by atoms with Crippen LogP contribution in [0.2, 0.25) is 0 Å². The zero-order valence-corrected chi connectivity index (χ0v) is 12.5. The Morgan fingerprint density at radius 1 is 1.33 bits per heavy atom. The molecule has 18 heavy (non-hydrogen) atoms. The molecule has 4 nitrogen and oxygen atoms in total. The molecule has 1 aromatic rings. The van der Waals surface area contributed by atoms with Crippen LogP contribution in [0.5, 0.6) is 0 Å². The largest absolute Gasteiger partial charge is 0.307 e. The van der Waals surface area contributed by atoms with E-state index in [-0.39, 0.29) is 0 Å². The normalized spacial score (nSPS) is 21.4. The van der Waals surface area contributed by atoms with Crippen molar-refractivity contribution >= 4 is 11.8 Å². The summed E-state index contributed by atoms with van der Waals surface area (Å²) in [6.07, 6.45) is 5.38. The average molecular weight is 268 g/mol. The lowest BCUT2D eigenvalue weighted by atomic mass is 10.0. The molecule has 0 spiro atoms. The van der Waals surface area contributed by atoms with Crippen LogP contribution in [0.25, 0.3) is 0 Å². The van der Waals surface area contributed by atoms with Gasteiger partial charge >= 0.3 is 0 Å². The van der Waals surface area contributed by atoms with Gasteiger partial charge in [0, 0.05) is 18.3 Å². The second-order valence-corrected chi connectivity index (χ2v) is 6.10. The van der Waals surface area contributed by atoms with E-state index in [0.29, 0.717) is 0 Å². The fourth-order valence-electron chi connectivity index (χ4n) is 2.63. The Kier molecular flexibility index (Phi) is 5.06. The number of rotatable bonds is 5. The highest BCUT2D eigenvalue weighted by atomic mass is 32.2. The molecule has 0 N–H and O–H groups in total. The van der Waals surface area contributed by atoms with Crippen LogP contribution in [0.3, 0.4) is 0 Å². The number of thioether (sulfide) groups is 1. The van der Waals surface area contributed by atoms with Crippen molar-refractivity contribution < 1.29 is 0 Å².